The number of benzene rings is 2. The van der Waals surface area contributed by atoms with Crippen LogP contribution in [0, 0.1) is 5.82 Å². The van der Waals surface area contributed by atoms with Gasteiger partial charge >= 0.3 is 0 Å². The molecule has 0 unspecified atom stereocenters. The van der Waals surface area contributed by atoms with E-state index in [-0.39, 0.29) is 5.82 Å². The zero-order chi connectivity index (χ0) is 18.8. The number of H-pyrrole nitrogens is 1. The average molecular weight is 363 g/mol. The number of pyridine rings is 1. The molecule has 0 aliphatic carbocycles. The average Bonchev–Trinajstić information content (AvgIpc) is 3.13. The number of anilines is 2. The fourth-order valence-corrected chi connectivity index (χ4v) is 3.02. The lowest BCUT2D eigenvalue weighted by atomic mass is 10.1. The van der Waals surface area contributed by atoms with E-state index in [0.29, 0.717) is 17.3 Å². The van der Waals surface area contributed by atoms with Crippen molar-refractivity contribution in [3.63, 3.8) is 0 Å². The highest BCUT2D eigenvalue weighted by molar-refractivity contribution is 5.95. The molecule has 27 heavy (non-hydrogen) atoms. The van der Waals surface area contributed by atoms with Gasteiger partial charge in [-0.15, -0.1) is 0 Å². The highest BCUT2D eigenvalue weighted by Crippen LogP contribution is 2.33. The van der Waals surface area contributed by atoms with Crippen LogP contribution in [0.3, 0.4) is 0 Å². The number of aromatic nitrogens is 2. The second kappa shape index (κ2) is 6.99. The number of halogens is 1. The van der Waals surface area contributed by atoms with E-state index < -0.39 is 0 Å². The van der Waals surface area contributed by atoms with Crippen LogP contribution in [0.25, 0.3) is 22.2 Å². The Hall–Kier alpha value is -3.54. The first kappa shape index (κ1) is 16.9. The number of nitrogens with zero attached hydrogens (tertiary/aromatic N) is 1. The number of fused-ring (bicyclic) bond motifs is 1. The summed E-state index contributed by atoms with van der Waals surface area (Å²) in [5, 5.41) is 4.22. The van der Waals surface area contributed by atoms with Crippen LogP contribution in [0.2, 0.25) is 0 Å². The summed E-state index contributed by atoms with van der Waals surface area (Å²) < 4.78 is 24.2. The van der Waals surface area contributed by atoms with Gasteiger partial charge in [-0.25, -0.2) is 9.37 Å². The van der Waals surface area contributed by atoms with E-state index >= 15 is 0 Å². The largest absolute Gasteiger partial charge is 0.493 e. The van der Waals surface area contributed by atoms with Crippen molar-refractivity contribution in [2.24, 2.45) is 0 Å². The molecule has 0 atom stereocenters. The molecule has 0 radical (unpaired) electrons. The standard InChI is InChI=1S/C21H18FN3O2/c1-26-19-7-6-15(11-20(19)27-2)24-21-16-12-18(25-17(16)8-9-23-21)13-4-3-5-14(22)10-13/h3-12,25H,1-2H3,(H,23,24). The van der Waals surface area contributed by atoms with Crippen molar-refractivity contribution in [3.8, 4) is 22.8 Å². The molecule has 136 valence electrons. The highest BCUT2D eigenvalue weighted by atomic mass is 19.1. The molecule has 5 nitrogen and oxygen atoms in total. The van der Waals surface area contributed by atoms with E-state index in [1.54, 1.807) is 26.5 Å². The van der Waals surface area contributed by atoms with Gasteiger partial charge in [0.2, 0.25) is 0 Å². The van der Waals surface area contributed by atoms with Gasteiger partial charge in [-0.2, -0.15) is 0 Å². The maximum atomic E-state index is 13.5. The Balaban J connectivity index is 1.72. The second-order valence-corrected chi connectivity index (χ2v) is 6.01. The van der Waals surface area contributed by atoms with Gasteiger partial charge in [-0.05, 0) is 36.4 Å². The summed E-state index contributed by atoms with van der Waals surface area (Å²) in [6, 6.07) is 15.9. The van der Waals surface area contributed by atoms with Crippen molar-refractivity contribution in [3.05, 3.63) is 66.6 Å². The molecular weight excluding hydrogens is 345 g/mol. The number of ether oxygens (including phenoxy) is 2. The molecular formula is C21H18FN3O2. The molecule has 4 aromatic rings. The van der Waals surface area contributed by atoms with Gasteiger partial charge in [-0.3, -0.25) is 0 Å². The van der Waals surface area contributed by atoms with E-state index in [1.165, 1.54) is 12.1 Å². The monoisotopic (exact) mass is 363 g/mol. The van der Waals surface area contributed by atoms with E-state index in [4.69, 9.17) is 9.47 Å². The van der Waals surface area contributed by atoms with E-state index in [0.717, 1.165) is 27.8 Å². The minimum Gasteiger partial charge on any atom is -0.493 e. The Kier molecular flexibility index (Phi) is 4.38. The van der Waals surface area contributed by atoms with E-state index in [1.807, 2.05) is 36.4 Å². The van der Waals surface area contributed by atoms with Gasteiger partial charge in [0.1, 0.15) is 11.6 Å². The summed E-state index contributed by atoms with van der Waals surface area (Å²) >= 11 is 0. The third-order valence-corrected chi connectivity index (χ3v) is 4.33. The molecule has 0 aliphatic rings. The molecule has 0 bridgehead atoms. The van der Waals surface area contributed by atoms with Crippen LogP contribution in [0.5, 0.6) is 11.5 Å². The molecule has 2 aromatic heterocycles. The zero-order valence-electron chi connectivity index (χ0n) is 14.9. The normalized spacial score (nSPS) is 10.8. The summed E-state index contributed by atoms with van der Waals surface area (Å²) in [5.41, 5.74) is 3.34. The maximum Gasteiger partial charge on any atom is 0.162 e. The quantitative estimate of drug-likeness (QED) is 0.516. The Labute approximate surface area is 155 Å². The van der Waals surface area contributed by atoms with Gasteiger partial charge in [0.25, 0.3) is 0 Å². The highest BCUT2D eigenvalue weighted by Gasteiger charge is 2.10. The van der Waals surface area contributed by atoms with Crippen LogP contribution in [0.4, 0.5) is 15.9 Å². The van der Waals surface area contributed by atoms with Crippen molar-refractivity contribution in [1.82, 2.24) is 9.97 Å². The minimum atomic E-state index is -0.270. The molecule has 0 aliphatic heterocycles. The SMILES string of the molecule is COc1ccc(Nc2nccc3[nH]c(-c4cccc(F)c4)cc23)cc1OC. The van der Waals surface area contributed by atoms with Crippen LogP contribution in [-0.2, 0) is 0 Å². The Bertz CT molecular complexity index is 1110. The first-order valence-electron chi connectivity index (χ1n) is 8.40. The van der Waals surface area contributed by atoms with Crippen LogP contribution in [-0.4, -0.2) is 24.2 Å². The summed E-state index contributed by atoms with van der Waals surface area (Å²) in [7, 11) is 3.19. The molecule has 0 saturated carbocycles. The zero-order valence-corrected chi connectivity index (χ0v) is 14.9. The molecule has 0 spiro atoms. The van der Waals surface area contributed by atoms with Crippen molar-refractivity contribution in [2.45, 2.75) is 0 Å². The summed E-state index contributed by atoms with van der Waals surface area (Å²) in [5.74, 6) is 1.71. The Morgan fingerprint density at radius 3 is 2.59 bits per heavy atom. The minimum absolute atomic E-state index is 0.270. The molecule has 0 saturated heterocycles. The molecule has 2 aromatic carbocycles. The van der Waals surface area contributed by atoms with E-state index in [9.17, 15) is 4.39 Å². The lowest BCUT2D eigenvalue weighted by molar-refractivity contribution is 0.355. The number of hydrogen-bond donors (Lipinski definition) is 2. The van der Waals surface area contributed by atoms with Gasteiger partial charge < -0.3 is 19.8 Å². The summed E-state index contributed by atoms with van der Waals surface area (Å²) in [6.07, 6.45) is 1.72. The molecule has 4 rings (SSSR count). The number of nitrogens with one attached hydrogen (secondary N) is 2. The predicted octanol–water partition coefficient (Wildman–Crippen LogP) is 5.13. The molecule has 6 heteroatoms. The second-order valence-electron chi connectivity index (χ2n) is 6.01. The Morgan fingerprint density at radius 1 is 0.963 bits per heavy atom. The fraction of sp³-hybridized carbons (Fsp3) is 0.0952. The van der Waals surface area contributed by atoms with Gasteiger partial charge in [0, 0.05) is 34.6 Å². The lowest BCUT2D eigenvalue weighted by Gasteiger charge is -2.11. The summed E-state index contributed by atoms with van der Waals surface area (Å²) in [6.45, 7) is 0. The van der Waals surface area contributed by atoms with Gasteiger partial charge in [0.15, 0.2) is 11.5 Å². The molecule has 2 heterocycles. The number of rotatable bonds is 5. The van der Waals surface area contributed by atoms with Crippen molar-refractivity contribution in [1.29, 1.82) is 0 Å². The maximum absolute atomic E-state index is 13.5. The first-order chi connectivity index (χ1) is 13.2. The first-order valence-corrected chi connectivity index (χ1v) is 8.40. The Morgan fingerprint density at radius 2 is 1.81 bits per heavy atom. The lowest BCUT2D eigenvalue weighted by Crippen LogP contribution is -1.96. The van der Waals surface area contributed by atoms with Crippen LogP contribution in [0.15, 0.2) is 60.8 Å². The van der Waals surface area contributed by atoms with E-state index in [2.05, 4.69) is 15.3 Å². The smallest absolute Gasteiger partial charge is 0.162 e. The molecule has 2 N–H and O–H groups in total. The van der Waals surface area contributed by atoms with Crippen LogP contribution >= 0.6 is 0 Å². The van der Waals surface area contributed by atoms with Gasteiger partial charge in [-0.1, -0.05) is 12.1 Å². The predicted molar refractivity (Wildman–Crippen MR) is 104 cm³/mol. The number of aromatic amines is 1. The third kappa shape index (κ3) is 3.29. The topological polar surface area (TPSA) is 59.2 Å². The number of hydrogen-bond acceptors (Lipinski definition) is 4. The molecule has 0 fully saturated rings. The van der Waals surface area contributed by atoms with Crippen LogP contribution in [0.1, 0.15) is 0 Å². The van der Waals surface area contributed by atoms with Gasteiger partial charge in [0.05, 0.1) is 19.7 Å². The fourth-order valence-electron chi connectivity index (χ4n) is 3.02. The van der Waals surface area contributed by atoms with Crippen LogP contribution < -0.4 is 14.8 Å². The van der Waals surface area contributed by atoms with Crippen molar-refractivity contribution in [2.75, 3.05) is 19.5 Å². The van der Waals surface area contributed by atoms with Crippen molar-refractivity contribution >= 4 is 22.4 Å². The molecule has 0 amide bonds. The number of methoxy groups -OCH3 is 2. The summed E-state index contributed by atoms with van der Waals surface area (Å²) in [4.78, 5) is 7.76. The third-order valence-electron chi connectivity index (χ3n) is 4.33. The van der Waals surface area contributed by atoms with Crippen molar-refractivity contribution < 1.29 is 13.9 Å².